The van der Waals surface area contributed by atoms with Crippen LogP contribution in [0.2, 0.25) is 0 Å². The van der Waals surface area contributed by atoms with Crippen molar-refractivity contribution >= 4 is 23.4 Å². The van der Waals surface area contributed by atoms with E-state index in [1.54, 1.807) is 11.8 Å². The van der Waals surface area contributed by atoms with Crippen molar-refractivity contribution in [2.75, 3.05) is 11.1 Å². The molecule has 0 saturated carbocycles. The Morgan fingerprint density at radius 1 is 1.31 bits per heavy atom. The molecule has 0 unspecified atom stereocenters. The molecular formula is C13H19NOS. The third kappa shape index (κ3) is 4.71. The van der Waals surface area contributed by atoms with Gasteiger partial charge in [-0.1, -0.05) is 20.8 Å². The highest BCUT2D eigenvalue weighted by atomic mass is 32.2. The van der Waals surface area contributed by atoms with Crippen LogP contribution in [0.15, 0.2) is 29.2 Å². The van der Waals surface area contributed by atoms with Gasteiger partial charge in [-0.25, -0.2) is 0 Å². The van der Waals surface area contributed by atoms with Crippen molar-refractivity contribution in [3.63, 3.8) is 0 Å². The summed E-state index contributed by atoms with van der Waals surface area (Å²) in [6.07, 6.45) is 0.575. The van der Waals surface area contributed by atoms with Gasteiger partial charge in [-0.3, -0.25) is 4.79 Å². The summed E-state index contributed by atoms with van der Waals surface area (Å²) in [5, 5.41) is 2.89. The lowest BCUT2D eigenvalue weighted by atomic mass is 10.1. The molecule has 1 amide bonds. The van der Waals surface area contributed by atoms with E-state index in [2.05, 4.69) is 12.2 Å². The first-order valence-electron chi connectivity index (χ1n) is 5.64. The molecule has 1 aromatic carbocycles. The van der Waals surface area contributed by atoms with Gasteiger partial charge in [0.25, 0.3) is 0 Å². The van der Waals surface area contributed by atoms with Crippen LogP contribution in [0.1, 0.15) is 27.2 Å². The highest BCUT2D eigenvalue weighted by Gasteiger charge is 2.04. The fourth-order valence-electron chi connectivity index (χ4n) is 1.38. The van der Waals surface area contributed by atoms with Gasteiger partial charge in [-0.15, -0.1) is 11.8 Å². The normalized spacial score (nSPS) is 10.5. The van der Waals surface area contributed by atoms with Crippen molar-refractivity contribution in [3.05, 3.63) is 24.3 Å². The largest absolute Gasteiger partial charge is 0.326 e. The van der Waals surface area contributed by atoms with Crippen molar-refractivity contribution in [1.29, 1.82) is 0 Å². The maximum atomic E-state index is 11.5. The molecule has 0 radical (unpaired) electrons. The molecule has 0 aliphatic rings. The maximum absolute atomic E-state index is 11.5. The molecule has 0 atom stereocenters. The van der Waals surface area contributed by atoms with Gasteiger partial charge in [-0.2, -0.15) is 0 Å². The van der Waals surface area contributed by atoms with Gasteiger partial charge in [0.2, 0.25) is 5.91 Å². The molecule has 1 rings (SSSR count). The molecule has 0 bridgehead atoms. The zero-order valence-electron chi connectivity index (χ0n) is 10.1. The summed E-state index contributed by atoms with van der Waals surface area (Å²) in [6, 6.07) is 7.99. The average Bonchev–Trinajstić information content (AvgIpc) is 2.20. The summed E-state index contributed by atoms with van der Waals surface area (Å²) in [6.45, 7) is 6.21. The summed E-state index contributed by atoms with van der Waals surface area (Å²) in [5.74, 6) is 1.56. The van der Waals surface area contributed by atoms with Crippen LogP contribution in [-0.4, -0.2) is 11.7 Å². The second-order valence-electron chi connectivity index (χ2n) is 4.10. The van der Waals surface area contributed by atoms with Gasteiger partial charge >= 0.3 is 0 Å². The number of amides is 1. The number of thioether (sulfide) groups is 1. The average molecular weight is 237 g/mol. The lowest BCUT2D eigenvalue weighted by Gasteiger charge is -2.07. The minimum atomic E-state index is 0.0888. The third-order valence-electron chi connectivity index (χ3n) is 2.04. The van der Waals surface area contributed by atoms with Gasteiger partial charge in [0.15, 0.2) is 0 Å². The molecule has 0 spiro atoms. The van der Waals surface area contributed by atoms with Crippen molar-refractivity contribution < 1.29 is 4.79 Å². The van der Waals surface area contributed by atoms with Crippen LogP contribution in [0.5, 0.6) is 0 Å². The van der Waals surface area contributed by atoms with Crippen molar-refractivity contribution in [1.82, 2.24) is 0 Å². The first kappa shape index (κ1) is 13.1. The Labute approximate surface area is 102 Å². The van der Waals surface area contributed by atoms with E-state index < -0.39 is 0 Å². The summed E-state index contributed by atoms with van der Waals surface area (Å²) in [7, 11) is 0. The van der Waals surface area contributed by atoms with Crippen LogP contribution < -0.4 is 5.32 Å². The smallest absolute Gasteiger partial charge is 0.224 e. The number of anilines is 1. The Morgan fingerprint density at radius 3 is 2.44 bits per heavy atom. The highest BCUT2D eigenvalue weighted by molar-refractivity contribution is 7.99. The molecular weight excluding hydrogens is 218 g/mol. The fraction of sp³-hybridized carbons (Fsp3) is 0.462. The number of benzene rings is 1. The zero-order valence-corrected chi connectivity index (χ0v) is 10.9. The second-order valence-corrected chi connectivity index (χ2v) is 5.44. The van der Waals surface area contributed by atoms with E-state index >= 15 is 0 Å². The summed E-state index contributed by atoms with van der Waals surface area (Å²) in [5.41, 5.74) is 0.881. The van der Waals surface area contributed by atoms with Gasteiger partial charge in [0.05, 0.1) is 0 Å². The second kappa shape index (κ2) is 6.59. The molecule has 0 fully saturated rings. The quantitative estimate of drug-likeness (QED) is 0.790. The number of rotatable bonds is 5. The predicted molar refractivity (Wildman–Crippen MR) is 70.9 cm³/mol. The van der Waals surface area contributed by atoms with Gasteiger partial charge in [0.1, 0.15) is 0 Å². The molecule has 1 aromatic rings. The Morgan fingerprint density at radius 2 is 1.94 bits per heavy atom. The molecule has 2 nitrogen and oxygen atoms in total. The van der Waals surface area contributed by atoms with E-state index in [-0.39, 0.29) is 5.91 Å². The number of carbonyl (C=O) groups is 1. The van der Waals surface area contributed by atoms with Crippen LogP contribution in [0.4, 0.5) is 5.69 Å². The molecule has 1 N–H and O–H groups in total. The number of hydrogen-bond acceptors (Lipinski definition) is 2. The van der Waals surface area contributed by atoms with Crippen LogP contribution in [0.25, 0.3) is 0 Å². The van der Waals surface area contributed by atoms with Crippen LogP contribution in [0.3, 0.4) is 0 Å². The van der Waals surface area contributed by atoms with Crippen LogP contribution in [0, 0.1) is 5.92 Å². The maximum Gasteiger partial charge on any atom is 0.224 e. The monoisotopic (exact) mass is 237 g/mol. The molecule has 0 heterocycles. The zero-order chi connectivity index (χ0) is 12.0. The van der Waals surface area contributed by atoms with Gasteiger partial charge in [0, 0.05) is 17.0 Å². The molecule has 16 heavy (non-hydrogen) atoms. The SMILES string of the molecule is CCSc1ccc(NC(=O)CC(C)C)cc1. The standard InChI is InChI=1S/C13H19NOS/c1-4-16-12-7-5-11(6-8-12)14-13(15)9-10(2)3/h5-8,10H,4,9H2,1-3H3,(H,14,15). The Kier molecular flexibility index (Phi) is 5.39. The lowest BCUT2D eigenvalue weighted by molar-refractivity contribution is -0.116. The topological polar surface area (TPSA) is 29.1 Å². The Bertz CT molecular complexity index is 332. The first-order valence-corrected chi connectivity index (χ1v) is 6.63. The minimum Gasteiger partial charge on any atom is -0.326 e. The summed E-state index contributed by atoms with van der Waals surface area (Å²) in [4.78, 5) is 12.8. The molecule has 0 aliphatic heterocycles. The van der Waals surface area contributed by atoms with Crippen LogP contribution in [-0.2, 0) is 4.79 Å². The third-order valence-corrected chi connectivity index (χ3v) is 2.94. The van der Waals surface area contributed by atoms with Crippen molar-refractivity contribution in [3.8, 4) is 0 Å². The Balaban J connectivity index is 2.51. The number of carbonyl (C=O) groups excluding carboxylic acids is 1. The lowest BCUT2D eigenvalue weighted by Crippen LogP contribution is -2.13. The molecule has 0 aromatic heterocycles. The first-order chi connectivity index (χ1) is 7.61. The van der Waals surface area contributed by atoms with Crippen molar-refractivity contribution in [2.24, 2.45) is 5.92 Å². The van der Waals surface area contributed by atoms with Gasteiger partial charge in [-0.05, 0) is 35.9 Å². The van der Waals surface area contributed by atoms with E-state index in [9.17, 15) is 4.79 Å². The van der Waals surface area contributed by atoms with Gasteiger partial charge < -0.3 is 5.32 Å². The molecule has 0 aliphatic carbocycles. The highest BCUT2D eigenvalue weighted by Crippen LogP contribution is 2.19. The number of nitrogens with one attached hydrogen (secondary N) is 1. The van der Waals surface area contributed by atoms with E-state index in [0.717, 1.165) is 11.4 Å². The van der Waals surface area contributed by atoms with E-state index in [1.807, 2.05) is 38.1 Å². The molecule has 0 saturated heterocycles. The Hall–Kier alpha value is -0.960. The minimum absolute atomic E-state index is 0.0888. The summed E-state index contributed by atoms with van der Waals surface area (Å²) < 4.78 is 0. The molecule has 3 heteroatoms. The van der Waals surface area contributed by atoms with E-state index in [0.29, 0.717) is 12.3 Å². The van der Waals surface area contributed by atoms with Crippen LogP contribution >= 0.6 is 11.8 Å². The van der Waals surface area contributed by atoms with E-state index in [1.165, 1.54) is 4.90 Å². The molecule has 88 valence electrons. The number of hydrogen-bond donors (Lipinski definition) is 1. The van der Waals surface area contributed by atoms with E-state index in [4.69, 9.17) is 0 Å². The summed E-state index contributed by atoms with van der Waals surface area (Å²) >= 11 is 1.80. The van der Waals surface area contributed by atoms with Crippen molar-refractivity contribution in [2.45, 2.75) is 32.1 Å². The fourth-order valence-corrected chi connectivity index (χ4v) is 2.05. The predicted octanol–water partition coefficient (Wildman–Crippen LogP) is 3.78.